The van der Waals surface area contributed by atoms with Gasteiger partial charge in [0.05, 0.1) is 7.11 Å². The number of thioether (sulfide) groups is 1. The van der Waals surface area contributed by atoms with Gasteiger partial charge in [-0.3, -0.25) is 4.79 Å². The van der Waals surface area contributed by atoms with Crippen molar-refractivity contribution in [1.29, 1.82) is 0 Å². The second-order valence-electron chi connectivity index (χ2n) is 6.91. The van der Waals surface area contributed by atoms with Gasteiger partial charge in [-0.1, -0.05) is 12.1 Å². The van der Waals surface area contributed by atoms with E-state index < -0.39 is 17.2 Å². The van der Waals surface area contributed by atoms with E-state index in [9.17, 15) is 14.0 Å². The molecule has 29 heavy (non-hydrogen) atoms. The number of ether oxygens (including phenoxy) is 2. The van der Waals surface area contributed by atoms with E-state index in [-0.39, 0.29) is 5.97 Å². The van der Waals surface area contributed by atoms with Gasteiger partial charge in [-0.25, -0.2) is 9.18 Å². The number of hydrogen-bond donors (Lipinski definition) is 0. The van der Waals surface area contributed by atoms with E-state index in [0.29, 0.717) is 29.7 Å². The van der Waals surface area contributed by atoms with Crippen molar-refractivity contribution in [2.45, 2.75) is 36.2 Å². The quantitative estimate of drug-likeness (QED) is 0.260. The van der Waals surface area contributed by atoms with Gasteiger partial charge in [-0.15, -0.1) is 11.8 Å². The van der Waals surface area contributed by atoms with Gasteiger partial charge < -0.3 is 9.47 Å². The lowest BCUT2D eigenvalue weighted by Gasteiger charge is -2.27. The zero-order valence-corrected chi connectivity index (χ0v) is 17.3. The molecule has 2 aromatic rings. The summed E-state index contributed by atoms with van der Waals surface area (Å²) in [5.74, 6) is -1.36. The first-order valence-electron chi connectivity index (χ1n) is 9.41. The van der Waals surface area contributed by atoms with E-state index in [0.717, 1.165) is 17.7 Å². The molecule has 1 fully saturated rings. The maximum Gasteiger partial charge on any atom is 0.350 e. The van der Waals surface area contributed by atoms with Crippen molar-refractivity contribution in [3.8, 4) is 5.75 Å². The standard InChI is InChI=1S/C23H23FO4S/c1-27-22(26)23(13-3-4-14-23)28-18-9-5-16(6-10-18)15-20(24)21(25)17-7-11-19(29-2)12-8-17/h5-12,15H,3-4,13-14H2,1-2H3/b20-15-. The molecule has 0 amide bonds. The number of halogens is 1. The number of ketones is 1. The molecule has 0 aliphatic heterocycles. The highest BCUT2D eigenvalue weighted by Gasteiger charge is 2.44. The lowest BCUT2D eigenvalue weighted by atomic mass is 10.0. The maximum atomic E-state index is 14.4. The number of allylic oxidation sites excluding steroid dienone is 1. The van der Waals surface area contributed by atoms with Gasteiger partial charge in [0.25, 0.3) is 0 Å². The molecule has 6 heteroatoms. The van der Waals surface area contributed by atoms with E-state index in [1.807, 2.05) is 6.26 Å². The predicted octanol–water partition coefficient (Wildman–Crippen LogP) is 5.47. The van der Waals surface area contributed by atoms with Crippen LogP contribution in [-0.2, 0) is 9.53 Å². The first-order valence-corrected chi connectivity index (χ1v) is 10.6. The van der Waals surface area contributed by atoms with E-state index in [1.165, 1.54) is 13.2 Å². The van der Waals surface area contributed by atoms with Crippen molar-refractivity contribution < 1.29 is 23.5 Å². The fraction of sp³-hybridized carbons (Fsp3) is 0.304. The van der Waals surface area contributed by atoms with Crippen LogP contribution in [0.15, 0.2) is 59.3 Å². The lowest BCUT2D eigenvalue weighted by Crippen LogP contribution is -2.42. The van der Waals surface area contributed by atoms with Crippen molar-refractivity contribution in [2.75, 3.05) is 13.4 Å². The molecule has 0 N–H and O–H groups in total. The topological polar surface area (TPSA) is 52.6 Å². The van der Waals surface area contributed by atoms with Crippen molar-refractivity contribution in [3.63, 3.8) is 0 Å². The van der Waals surface area contributed by atoms with Gasteiger partial charge >= 0.3 is 5.97 Å². The zero-order chi connectivity index (χ0) is 20.9. The Kier molecular flexibility index (Phi) is 6.75. The number of Topliss-reactive ketones (excluding diaryl/α,β-unsaturated/α-hetero) is 1. The predicted molar refractivity (Wildman–Crippen MR) is 112 cm³/mol. The van der Waals surface area contributed by atoms with Gasteiger partial charge in [0.1, 0.15) is 5.75 Å². The van der Waals surface area contributed by atoms with Crippen molar-refractivity contribution in [2.24, 2.45) is 0 Å². The number of hydrogen-bond acceptors (Lipinski definition) is 5. The number of rotatable bonds is 7. The fourth-order valence-corrected chi connectivity index (χ4v) is 3.84. The Morgan fingerprint density at radius 2 is 1.66 bits per heavy atom. The Labute approximate surface area is 174 Å². The molecule has 4 nitrogen and oxygen atoms in total. The third-order valence-corrected chi connectivity index (χ3v) is 5.77. The monoisotopic (exact) mass is 414 g/mol. The van der Waals surface area contributed by atoms with Gasteiger partial charge in [0.2, 0.25) is 11.4 Å². The van der Waals surface area contributed by atoms with Crippen molar-refractivity contribution in [1.82, 2.24) is 0 Å². The summed E-state index contributed by atoms with van der Waals surface area (Å²) in [4.78, 5) is 25.4. The molecule has 0 unspecified atom stereocenters. The number of methoxy groups -OCH3 is 1. The molecule has 0 aromatic heterocycles. The van der Waals surface area contributed by atoms with Crippen LogP contribution >= 0.6 is 11.8 Å². The first-order chi connectivity index (χ1) is 14.0. The molecule has 1 aliphatic carbocycles. The maximum absolute atomic E-state index is 14.4. The first kappa shape index (κ1) is 21.1. The van der Waals surface area contributed by atoms with Crippen LogP contribution in [0.2, 0.25) is 0 Å². The third kappa shape index (κ3) is 4.88. The van der Waals surface area contributed by atoms with Crippen LogP contribution in [0.4, 0.5) is 4.39 Å². The molecule has 0 heterocycles. The van der Waals surface area contributed by atoms with Crippen LogP contribution in [0, 0.1) is 0 Å². The van der Waals surface area contributed by atoms with Crippen molar-refractivity contribution >= 4 is 29.6 Å². The van der Waals surface area contributed by atoms with E-state index in [4.69, 9.17) is 9.47 Å². The average molecular weight is 414 g/mol. The van der Waals surface area contributed by atoms with Gasteiger partial charge in [-0.2, -0.15) is 0 Å². The molecule has 0 spiro atoms. The molecule has 0 bridgehead atoms. The molecule has 0 atom stereocenters. The summed E-state index contributed by atoms with van der Waals surface area (Å²) in [7, 11) is 1.36. The van der Waals surface area contributed by atoms with Crippen LogP contribution in [0.25, 0.3) is 6.08 Å². The molecule has 2 aromatic carbocycles. The molecule has 0 radical (unpaired) electrons. The Balaban J connectivity index is 1.72. The highest BCUT2D eigenvalue weighted by atomic mass is 32.2. The zero-order valence-electron chi connectivity index (χ0n) is 16.4. The summed E-state index contributed by atoms with van der Waals surface area (Å²) in [6, 6.07) is 13.4. The molecule has 152 valence electrons. The van der Waals surface area contributed by atoms with E-state index >= 15 is 0 Å². The Hall–Kier alpha value is -2.60. The molecule has 1 saturated carbocycles. The highest BCUT2D eigenvalue weighted by molar-refractivity contribution is 7.98. The molecular formula is C23H23FO4S. The normalized spacial score (nSPS) is 15.8. The second kappa shape index (κ2) is 9.27. The van der Waals surface area contributed by atoms with Gasteiger partial charge in [0.15, 0.2) is 5.83 Å². The summed E-state index contributed by atoms with van der Waals surface area (Å²) < 4.78 is 25.3. The Morgan fingerprint density at radius 3 is 2.21 bits per heavy atom. The van der Waals surface area contributed by atoms with E-state index in [1.54, 1.807) is 60.3 Å². The lowest BCUT2D eigenvalue weighted by molar-refractivity contribution is -0.158. The summed E-state index contributed by atoms with van der Waals surface area (Å²) >= 11 is 1.56. The smallest absolute Gasteiger partial charge is 0.350 e. The fourth-order valence-electron chi connectivity index (χ4n) is 3.43. The minimum absolute atomic E-state index is 0.303. The third-order valence-electron chi connectivity index (χ3n) is 5.02. The van der Waals surface area contributed by atoms with Crippen molar-refractivity contribution in [3.05, 3.63) is 65.5 Å². The minimum Gasteiger partial charge on any atom is -0.476 e. The Bertz CT molecular complexity index is 897. The number of carbonyl (C=O) groups excluding carboxylic acids is 2. The van der Waals surface area contributed by atoms with Gasteiger partial charge in [-0.05, 0) is 80.0 Å². The van der Waals surface area contributed by atoms with Gasteiger partial charge in [0, 0.05) is 10.5 Å². The molecule has 3 rings (SSSR count). The van der Waals surface area contributed by atoms with E-state index in [2.05, 4.69) is 0 Å². The number of benzene rings is 2. The van der Waals surface area contributed by atoms with Crippen LogP contribution in [-0.4, -0.2) is 30.7 Å². The van der Waals surface area contributed by atoms with Crippen LogP contribution in [0.5, 0.6) is 5.75 Å². The Morgan fingerprint density at radius 1 is 1.03 bits per heavy atom. The summed E-state index contributed by atoms with van der Waals surface area (Å²) in [5, 5.41) is 0. The van der Waals surface area contributed by atoms with Crippen LogP contribution < -0.4 is 4.74 Å². The summed E-state index contributed by atoms with van der Waals surface area (Å²) in [5.41, 5.74) is -0.115. The molecule has 0 saturated heterocycles. The largest absolute Gasteiger partial charge is 0.476 e. The average Bonchev–Trinajstić information content (AvgIpc) is 3.23. The number of carbonyl (C=O) groups is 2. The number of esters is 1. The highest BCUT2D eigenvalue weighted by Crippen LogP contribution is 2.35. The molecular weight excluding hydrogens is 391 g/mol. The van der Waals surface area contributed by atoms with Crippen LogP contribution in [0.1, 0.15) is 41.6 Å². The summed E-state index contributed by atoms with van der Waals surface area (Å²) in [6.07, 6.45) is 6.16. The van der Waals surface area contributed by atoms with Crippen LogP contribution in [0.3, 0.4) is 0 Å². The summed E-state index contributed by atoms with van der Waals surface area (Å²) in [6.45, 7) is 0. The molecule has 1 aliphatic rings. The second-order valence-corrected chi connectivity index (χ2v) is 7.79. The minimum atomic E-state index is -0.948. The SMILES string of the molecule is COC(=O)C1(Oc2ccc(/C=C(\F)C(=O)c3ccc(SC)cc3)cc2)CCCC1.